The number of anilines is 1. The number of hydrogen-bond acceptors (Lipinski definition) is 4. The topological polar surface area (TPSA) is 83.6 Å². The van der Waals surface area contributed by atoms with Gasteiger partial charge in [-0.15, -0.1) is 0 Å². The minimum absolute atomic E-state index is 0.0125. The number of carbonyl (C=O) groups is 1. The van der Waals surface area contributed by atoms with Crippen LogP contribution in [0.4, 0.5) is 5.69 Å². The van der Waals surface area contributed by atoms with Gasteiger partial charge in [-0.2, -0.15) is 5.26 Å². The average Bonchev–Trinajstić information content (AvgIpc) is 3.24. The Hall–Kier alpha value is -5.02. The Labute approximate surface area is 221 Å². The molecule has 5 rings (SSSR count). The summed E-state index contributed by atoms with van der Waals surface area (Å²) in [7, 11) is 0. The minimum Gasteiger partial charge on any atom is -0.324 e. The fourth-order valence-electron chi connectivity index (χ4n) is 4.90. The predicted molar refractivity (Wildman–Crippen MR) is 151 cm³/mol. The first-order chi connectivity index (χ1) is 18.5. The van der Waals surface area contributed by atoms with Gasteiger partial charge < -0.3 is 9.88 Å². The zero-order valence-electron chi connectivity index (χ0n) is 21.3. The molecule has 0 radical (unpaired) electrons. The number of carbonyl (C=O) groups excluding carboxylic acids is 1. The second-order valence-corrected chi connectivity index (χ2v) is 9.20. The SMILES string of the molecule is Cc1cc(C)c2c(C#N)c(/C=C/C(=O)Nc3cccnc3)n(CC(c3ccccc3)c3ccccc3)c2n1. The van der Waals surface area contributed by atoms with E-state index in [0.29, 0.717) is 23.5 Å². The molecular weight excluding hydrogens is 470 g/mol. The largest absolute Gasteiger partial charge is 0.324 e. The number of benzene rings is 2. The third-order valence-corrected chi connectivity index (χ3v) is 6.58. The number of nitrogens with zero attached hydrogens (tertiary/aromatic N) is 4. The highest BCUT2D eigenvalue weighted by Crippen LogP contribution is 2.33. The number of pyridine rings is 2. The van der Waals surface area contributed by atoms with E-state index in [1.54, 1.807) is 30.6 Å². The van der Waals surface area contributed by atoms with Crippen molar-refractivity contribution in [3.63, 3.8) is 0 Å². The predicted octanol–water partition coefficient (Wildman–Crippen LogP) is 6.40. The van der Waals surface area contributed by atoms with Gasteiger partial charge in [0.25, 0.3) is 0 Å². The number of rotatable bonds is 7. The molecule has 0 atom stereocenters. The van der Waals surface area contributed by atoms with Crippen LogP contribution >= 0.6 is 0 Å². The average molecular weight is 498 g/mol. The molecule has 3 heterocycles. The van der Waals surface area contributed by atoms with Crippen LogP contribution in [0.1, 0.15) is 39.6 Å². The quantitative estimate of drug-likeness (QED) is 0.264. The maximum Gasteiger partial charge on any atom is 0.248 e. The van der Waals surface area contributed by atoms with E-state index in [4.69, 9.17) is 4.98 Å². The van der Waals surface area contributed by atoms with Crippen molar-refractivity contribution >= 4 is 28.7 Å². The van der Waals surface area contributed by atoms with Gasteiger partial charge in [0, 0.05) is 35.8 Å². The van der Waals surface area contributed by atoms with E-state index in [9.17, 15) is 10.1 Å². The first kappa shape index (κ1) is 24.7. The van der Waals surface area contributed by atoms with Crippen molar-refractivity contribution in [1.29, 1.82) is 5.26 Å². The standard InChI is InChI=1S/C32H27N5O/c1-22-18-23(2)35-32-31(22)27(19-33)29(15-16-30(38)36-26-14-9-17-34-20-26)37(32)21-28(24-10-5-3-6-11-24)25-12-7-4-8-13-25/h3-18,20,28H,21H2,1-2H3,(H,36,38)/b16-15+. The molecule has 0 fully saturated rings. The first-order valence-electron chi connectivity index (χ1n) is 12.4. The van der Waals surface area contributed by atoms with Crippen LogP contribution in [0.15, 0.2) is 97.3 Å². The van der Waals surface area contributed by atoms with E-state index in [1.807, 2.05) is 56.3 Å². The molecule has 0 unspecified atom stereocenters. The van der Waals surface area contributed by atoms with Crippen molar-refractivity contribution in [2.24, 2.45) is 0 Å². The number of hydrogen-bond donors (Lipinski definition) is 1. The van der Waals surface area contributed by atoms with Gasteiger partial charge in [0.1, 0.15) is 11.7 Å². The fraction of sp³-hybridized carbons (Fsp3) is 0.125. The van der Waals surface area contributed by atoms with Crippen molar-refractivity contribution < 1.29 is 4.79 Å². The number of fused-ring (bicyclic) bond motifs is 1. The van der Waals surface area contributed by atoms with Crippen molar-refractivity contribution in [1.82, 2.24) is 14.5 Å². The molecule has 6 nitrogen and oxygen atoms in total. The maximum atomic E-state index is 12.8. The van der Waals surface area contributed by atoms with Gasteiger partial charge in [-0.3, -0.25) is 9.78 Å². The van der Waals surface area contributed by atoms with Crippen molar-refractivity contribution in [2.75, 3.05) is 5.32 Å². The lowest BCUT2D eigenvalue weighted by Gasteiger charge is -2.21. The molecule has 6 heteroatoms. The molecule has 0 saturated carbocycles. The minimum atomic E-state index is -0.303. The van der Waals surface area contributed by atoms with Crippen LogP contribution in [0, 0.1) is 25.2 Å². The molecule has 0 saturated heterocycles. The number of aromatic nitrogens is 3. The third-order valence-electron chi connectivity index (χ3n) is 6.58. The molecular formula is C32H27N5O. The lowest BCUT2D eigenvalue weighted by Crippen LogP contribution is -2.13. The van der Waals surface area contributed by atoms with Gasteiger partial charge in [-0.05, 0) is 54.8 Å². The zero-order chi connectivity index (χ0) is 26.5. The number of aryl methyl sites for hydroxylation is 2. The molecule has 1 N–H and O–H groups in total. The summed E-state index contributed by atoms with van der Waals surface area (Å²) in [6, 6.07) is 28.6. The first-order valence-corrected chi connectivity index (χ1v) is 12.4. The Morgan fingerprint density at radius 1 is 1.03 bits per heavy atom. The Morgan fingerprint density at radius 2 is 1.71 bits per heavy atom. The van der Waals surface area contributed by atoms with Crippen LogP contribution in [0.2, 0.25) is 0 Å². The maximum absolute atomic E-state index is 12.8. The summed E-state index contributed by atoms with van der Waals surface area (Å²) >= 11 is 0. The molecule has 0 aliphatic carbocycles. The third kappa shape index (κ3) is 5.09. The summed E-state index contributed by atoms with van der Waals surface area (Å²) in [5.41, 5.74) is 6.68. The molecule has 2 aromatic carbocycles. The normalized spacial score (nSPS) is 11.2. The lowest BCUT2D eigenvalue weighted by molar-refractivity contribution is -0.111. The highest BCUT2D eigenvalue weighted by Gasteiger charge is 2.23. The summed E-state index contributed by atoms with van der Waals surface area (Å²) in [6.45, 7) is 4.50. The lowest BCUT2D eigenvalue weighted by atomic mass is 9.91. The van der Waals surface area contributed by atoms with Gasteiger partial charge in [0.15, 0.2) is 0 Å². The van der Waals surface area contributed by atoms with Crippen LogP contribution in [0.3, 0.4) is 0 Å². The van der Waals surface area contributed by atoms with E-state index in [2.05, 4.69) is 45.2 Å². The molecule has 186 valence electrons. The highest BCUT2D eigenvalue weighted by molar-refractivity contribution is 6.02. The van der Waals surface area contributed by atoms with Crippen molar-refractivity contribution in [3.8, 4) is 6.07 Å². The summed E-state index contributed by atoms with van der Waals surface area (Å²) < 4.78 is 2.08. The van der Waals surface area contributed by atoms with E-state index in [0.717, 1.165) is 33.4 Å². The summed E-state index contributed by atoms with van der Waals surface area (Å²) in [5, 5.41) is 13.9. The smallest absolute Gasteiger partial charge is 0.248 e. The Morgan fingerprint density at radius 3 is 2.32 bits per heavy atom. The molecule has 0 aliphatic heterocycles. The van der Waals surface area contributed by atoms with Crippen LogP contribution in [-0.4, -0.2) is 20.4 Å². The second-order valence-electron chi connectivity index (χ2n) is 9.20. The van der Waals surface area contributed by atoms with Gasteiger partial charge in [0.2, 0.25) is 5.91 Å². The summed E-state index contributed by atoms with van der Waals surface area (Å²) in [4.78, 5) is 21.7. The van der Waals surface area contributed by atoms with E-state index in [-0.39, 0.29) is 11.8 Å². The number of nitriles is 1. The monoisotopic (exact) mass is 497 g/mol. The molecule has 0 aliphatic rings. The molecule has 3 aromatic heterocycles. The Bertz CT molecular complexity index is 1610. The molecule has 5 aromatic rings. The van der Waals surface area contributed by atoms with Gasteiger partial charge in [0.05, 0.1) is 23.1 Å². The van der Waals surface area contributed by atoms with Gasteiger partial charge in [-0.25, -0.2) is 4.98 Å². The van der Waals surface area contributed by atoms with E-state index >= 15 is 0 Å². The summed E-state index contributed by atoms with van der Waals surface area (Å²) in [5.74, 6) is -0.291. The van der Waals surface area contributed by atoms with Crippen LogP contribution in [0.5, 0.6) is 0 Å². The summed E-state index contributed by atoms with van der Waals surface area (Å²) in [6.07, 6.45) is 6.41. The molecule has 0 bridgehead atoms. The van der Waals surface area contributed by atoms with E-state index < -0.39 is 0 Å². The number of amides is 1. The van der Waals surface area contributed by atoms with Crippen LogP contribution < -0.4 is 5.32 Å². The number of nitrogens with one attached hydrogen (secondary N) is 1. The van der Waals surface area contributed by atoms with Crippen molar-refractivity contribution in [2.45, 2.75) is 26.3 Å². The molecule has 38 heavy (non-hydrogen) atoms. The van der Waals surface area contributed by atoms with Crippen LogP contribution in [-0.2, 0) is 11.3 Å². The fourth-order valence-corrected chi connectivity index (χ4v) is 4.90. The van der Waals surface area contributed by atoms with E-state index in [1.165, 1.54) is 6.08 Å². The van der Waals surface area contributed by atoms with Crippen molar-refractivity contribution in [3.05, 3.63) is 131 Å². The Kier molecular flexibility index (Phi) is 7.10. The molecule has 1 amide bonds. The van der Waals surface area contributed by atoms with Gasteiger partial charge >= 0.3 is 0 Å². The Balaban J connectivity index is 1.65. The highest BCUT2D eigenvalue weighted by atomic mass is 16.1. The molecule has 0 spiro atoms. The van der Waals surface area contributed by atoms with Crippen LogP contribution in [0.25, 0.3) is 17.1 Å². The zero-order valence-corrected chi connectivity index (χ0v) is 21.3. The van der Waals surface area contributed by atoms with Gasteiger partial charge in [-0.1, -0.05) is 60.7 Å². The second kappa shape index (κ2) is 10.9.